The number of benzene rings is 1. The molecule has 4 nitrogen and oxygen atoms in total. The summed E-state index contributed by atoms with van der Waals surface area (Å²) in [5.74, 6) is -1.23. The average Bonchev–Trinajstić information content (AvgIpc) is 2.28. The third-order valence-corrected chi connectivity index (χ3v) is 2.43. The number of nitrogens with two attached hydrogens (primary N) is 1. The molecule has 0 bridgehead atoms. The molecule has 5 heteroatoms. The molecule has 0 aliphatic rings. The summed E-state index contributed by atoms with van der Waals surface area (Å²) in [4.78, 5) is 10.4. The van der Waals surface area contributed by atoms with Crippen LogP contribution in [0.5, 0.6) is 0 Å². The summed E-state index contributed by atoms with van der Waals surface area (Å²) >= 11 is 0. The lowest BCUT2D eigenvalue weighted by Gasteiger charge is -2.07. The van der Waals surface area contributed by atoms with Crippen molar-refractivity contribution >= 4 is 5.97 Å². The molecule has 0 fully saturated rings. The maximum Gasteiger partial charge on any atom is 0.320 e. The molecule has 1 rings (SSSR count). The van der Waals surface area contributed by atoms with E-state index < -0.39 is 12.0 Å². The minimum Gasteiger partial charge on any atom is -0.480 e. The molecule has 0 saturated heterocycles. The normalized spacial score (nSPS) is 12.4. The van der Waals surface area contributed by atoms with Crippen molar-refractivity contribution in [2.75, 3.05) is 13.1 Å². The monoisotopic (exact) mass is 240 g/mol. The predicted molar refractivity (Wildman–Crippen MR) is 63.2 cm³/mol. The number of hydrogen-bond donors (Lipinski definition) is 3. The Balaban J connectivity index is 2.14. The molecule has 0 aliphatic carbocycles. The van der Waals surface area contributed by atoms with Gasteiger partial charge in [-0.2, -0.15) is 0 Å². The van der Waals surface area contributed by atoms with E-state index in [-0.39, 0.29) is 5.82 Å². The van der Waals surface area contributed by atoms with Gasteiger partial charge in [0.05, 0.1) is 0 Å². The number of carboxylic acid groups (broad SMARTS) is 1. The molecular formula is C12H17FN2O2. The summed E-state index contributed by atoms with van der Waals surface area (Å²) in [7, 11) is 0. The topological polar surface area (TPSA) is 75.3 Å². The zero-order valence-corrected chi connectivity index (χ0v) is 9.53. The Bertz CT molecular complexity index is 371. The lowest BCUT2D eigenvalue weighted by Crippen LogP contribution is -2.34. The third-order valence-electron chi connectivity index (χ3n) is 2.43. The van der Waals surface area contributed by atoms with E-state index in [4.69, 9.17) is 10.8 Å². The van der Waals surface area contributed by atoms with Crippen molar-refractivity contribution in [3.05, 3.63) is 35.6 Å². The van der Waals surface area contributed by atoms with Gasteiger partial charge in [0, 0.05) is 0 Å². The zero-order valence-electron chi connectivity index (χ0n) is 9.53. The van der Waals surface area contributed by atoms with Crippen molar-refractivity contribution < 1.29 is 14.3 Å². The first-order valence-corrected chi connectivity index (χ1v) is 5.53. The van der Waals surface area contributed by atoms with Crippen molar-refractivity contribution in [2.24, 2.45) is 5.73 Å². The molecule has 94 valence electrons. The number of halogens is 1. The Labute approximate surface area is 99.6 Å². The van der Waals surface area contributed by atoms with Crippen molar-refractivity contribution in [3.8, 4) is 0 Å². The van der Waals surface area contributed by atoms with Crippen molar-refractivity contribution in [2.45, 2.75) is 18.9 Å². The maximum absolute atomic E-state index is 12.8. The minimum absolute atomic E-state index is 0.240. The van der Waals surface area contributed by atoms with Crippen LogP contribution < -0.4 is 11.1 Å². The molecule has 1 aromatic rings. The summed E-state index contributed by atoms with van der Waals surface area (Å²) in [6.45, 7) is 1.22. The van der Waals surface area contributed by atoms with E-state index in [1.54, 1.807) is 6.07 Å². The molecule has 1 unspecified atom stereocenters. The highest BCUT2D eigenvalue weighted by Gasteiger charge is 2.09. The van der Waals surface area contributed by atoms with Crippen LogP contribution in [-0.2, 0) is 11.2 Å². The summed E-state index contributed by atoms with van der Waals surface area (Å²) in [6.07, 6.45) is 1.10. The lowest BCUT2D eigenvalue weighted by molar-refractivity contribution is -0.138. The number of carboxylic acids is 1. The second kappa shape index (κ2) is 6.98. The molecule has 17 heavy (non-hydrogen) atoms. The standard InChI is InChI=1S/C12H17FN2O2/c13-10-3-1-2-9(8-10)4-6-15-7-5-11(14)12(16)17/h1-3,8,11,15H,4-7,14H2,(H,16,17). The first-order valence-electron chi connectivity index (χ1n) is 5.53. The molecule has 0 saturated carbocycles. The predicted octanol–water partition coefficient (Wildman–Crippen LogP) is 0.760. The van der Waals surface area contributed by atoms with Crippen LogP contribution in [0.1, 0.15) is 12.0 Å². The van der Waals surface area contributed by atoms with Crippen LogP contribution in [-0.4, -0.2) is 30.2 Å². The Kier molecular flexibility index (Phi) is 5.59. The second-order valence-corrected chi connectivity index (χ2v) is 3.86. The first kappa shape index (κ1) is 13.6. The van der Waals surface area contributed by atoms with Crippen LogP contribution in [0.25, 0.3) is 0 Å². The van der Waals surface area contributed by atoms with Crippen molar-refractivity contribution in [1.29, 1.82) is 0 Å². The van der Waals surface area contributed by atoms with Crippen LogP contribution in [0, 0.1) is 5.82 Å². The van der Waals surface area contributed by atoms with Gasteiger partial charge in [-0.3, -0.25) is 4.79 Å². The fourth-order valence-corrected chi connectivity index (χ4v) is 1.43. The van der Waals surface area contributed by atoms with Gasteiger partial charge in [0.1, 0.15) is 11.9 Å². The number of rotatable bonds is 7. The fourth-order valence-electron chi connectivity index (χ4n) is 1.43. The summed E-state index contributed by atoms with van der Waals surface area (Å²) in [5.41, 5.74) is 6.26. The largest absolute Gasteiger partial charge is 0.480 e. The van der Waals surface area contributed by atoms with Gasteiger partial charge in [-0.05, 0) is 43.6 Å². The maximum atomic E-state index is 12.8. The van der Waals surface area contributed by atoms with E-state index in [2.05, 4.69) is 5.32 Å². The number of nitrogens with one attached hydrogen (secondary N) is 1. The number of hydrogen-bond acceptors (Lipinski definition) is 3. The minimum atomic E-state index is -0.989. The smallest absolute Gasteiger partial charge is 0.320 e. The van der Waals surface area contributed by atoms with E-state index in [0.717, 1.165) is 5.56 Å². The molecule has 1 atom stereocenters. The Morgan fingerprint density at radius 2 is 2.24 bits per heavy atom. The van der Waals surface area contributed by atoms with E-state index in [0.29, 0.717) is 25.9 Å². The number of carbonyl (C=O) groups is 1. The highest BCUT2D eigenvalue weighted by molar-refractivity contribution is 5.72. The van der Waals surface area contributed by atoms with Gasteiger partial charge in [0.15, 0.2) is 0 Å². The van der Waals surface area contributed by atoms with Gasteiger partial charge in [-0.1, -0.05) is 12.1 Å². The molecule has 0 spiro atoms. The Morgan fingerprint density at radius 1 is 1.47 bits per heavy atom. The second-order valence-electron chi connectivity index (χ2n) is 3.86. The van der Waals surface area contributed by atoms with Crippen LogP contribution in [0.3, 0.4) is 0 Å². The Hall–Kier alpha value is -1.46. The lowest BCUT2D eigenvalue weighted by atomic mass is 10.1. The highest BCUT2D eigenvalue weighted by atomic mass is 19.1. The van der Waals surface area contributed by atoms with Gasteiger partial charge in [0.25, 0.3) is 0 Å². The van der Waals surface area contributed by atoms with Crippen molar-refractivity contribution in [3.63, 3.8) is 0 Å². The van der Waals surface area contributed by atoms with Gasteiger partial charge in [0.2, 0.25) is 0 Å². The average molecular weight is 240 g/mol. The van der Waals surface area contributed by atoms with Crippen LogP contribution in [0.4, 0.5) is 4.39 Å². The van der Waals surface area contributed by atoms with Crippen LogP contribution >= 0.6 is 0 Å². The van der Waals surface area contributed by atoms with Gasteiger partial charge < -0.3 is 16.2 Å². The SMILES string of the molecule is NC(CCNCCc1cccc(F)c1)C(=O)O. The molecule has 0 radical (unpaired) electrons. The molecule has 0 heterocycles. The van der Waals surface area contributed by atoms with Gasteiger partial charge >= 0.3 is 5.97 Å². The molecule has 4 N–H and O–H groups in total. The molecule has 0 aromatic heterocycles. The molecule has 0 amide bonds. The van der Waals surface area contributed by atoms with E-state index in [1.165, 1.54) is 12.1 Å². The van der Waals surface area contributed by atoms with E-state index >= 15 is 0 Å². The zero-order chi connectivity index (χ0) is 12.7. The molecule has 0 aliphatic heterocycles. The third kappa shape index (κ3) is 5.42. The number of aliphatic carboxylic acids is 1. The van der Waals surface area contributed by atoms with Crippen LogP contribution in [0.2, 0.25) is 0 Å². The fraction of sp³-hybridized carbons (Fsp3) is 0.417. The Morgan fingerprint density at radius 3 is 2.88 bits per heavy atom. The van der Waals surface area contributed by atoms with E-state index in [9.17, 15) is 9.18 Å². The highest BCUT2D eigenvalue weighted by Crippen LogP contribution is 2.03. The quantitative estimate of drug-likeness (QED) is 0.615. The summed E-state index contributed by atoms with van der Waals surface area (Å²) in [5, 5.41) is 11.6. The van der Waals surface area contributed by atoms with Crippen molar-refractivity contribution in [1.82, 2.24) is 5.32 Å². The first-order chi connectivity index (χ1) is 8.09. The molecule has 1 aromatic carbocycles. The summed E-state index contributed by atoms with van der Waals surface area (Å²) in [6, 6.07) is 5.60. The van der Waals surface area contributed by atoms with Gasteiger partial charge in [-0.15, -0.1) is 0 Å². The van der Waals surface area contributed by atoms with E-state index in [1.807, 2.05) is 6.07 Å². The summed E-state index contributed by atoms with van der Waals surface area (Å²) < 4.78 is 12.8. The molecular weight excluding hydrogens is 223 g/mol. The van der Waals surface area contributed by atoms with Crippen LogP contribution in [0.15, 0.2) is 24.3 Å². The van der Waals surface area contributed by atoms with Gasteiger partial charge in [-0.25, -0.2) is 4.39 Å².